The van der Waals surface area contributed by atoms with Gasteiger partial charge in [-0.05, 0) is 37.6 Å². The van der Waals surface area contributed by atoms with Gasteiger partial charge in [0.25, 0.3) is 5.91 Å². The Bertz CT molecular complexity index is 732. The Morgan fingerprint density at radius 1 is 1.43 bits per heavy atom. The second-order valence-electron chi connectivity index (χ2n) is 4.88. The summed E-state index contributed by atoms with van der Waals surface area (Å²) in [5.41, 5.74) is 6.63. The molecule has 0 aliphatic heterocycles. The Morgan fingerprint density at radius 3 is 2.91 bits per heavy atom. The molecule has 0 radical (unpaired) electrons. The highest BCUT2D eigenvalue weighted by molar-refractivity contribution is 6.07. The zero-order chi connectivity index (χ0) is 16.8. The highest BCUT2D eigenvalue weighted by atomic mass is 19.1. The van der Waals surface area contributed by atoms with Crippen LogP contribution in [0.2, 0.25) is 0 Å². The van der Waals surface area contributed by atoms with E-state index >= 15 is 0 Å². The van der Waals surface area contributed by atoms with Gasteiger partial charge < -0.3 is 15.8 Å². The number of nitrogen functional groups attached to an aromatic ring is 1. The van der Waals surface area contributed by atoms with Crippen molar-refractivity contribution in [3.8, 4) is 5.75 Å². The van der Waals surface area contributed by atoms with E-state index in [0.717, 1.165) is 0 Å². The first-order valence-electron chi connectivity index (χ1n) is 7.09. The van der Waals surface area contributed by atoms with Crippen molar-refractivity contribution in [1.29, 1.82) is 0 Å². The van der Waals surface area contributed by atoms with Crippen LogP contribution in [0.4, 0.5) is 15.9 Å². The highest BCUT2D eigenvalue weighted by Crippen LogP contribution is 2.25. The normalized spacial score (nSPS) is 10.2. The van der Waals surface area contributed by atoms with E-state index in [1.807, 2.05) is 0 Å². The van der Waals surface area contributed by atoms with E-state index in [2.05, 4.69) is 16.9 Å². The van der Waals surface area contributed by atoms with Crippen molar-refractivity contribution in [2.75, 3.05) is 17.7 Å². The molecule has 1 heterocycles. The number of nitrogens with zero attached hydrogens (tertiary/aromatic N) is 1. The fourth-order valence-corrected chi connectivity index (χ4v) is 1.93. The molecule has 0 saturated carbocycles. The van der Waals surface area contributed by atoms with Gasteiger partial charge in [-0.15, -0.1) is 6.58 Å². The standard InChI is InChI=1S/C17H18FN3O2/c1-3-4-10-23-14-7-5-6-13(15(14)18)21-17(22)12-9-8-11(2)20-16(12)19/h3,5-9H,1,4,10H2,2H3,(H2,19,20)(H,21,22). The third kappa shape index (κ3) is 4.06. The van der Waals surface area contributed by atoms with E-state index in [1.165, 1.54) is 12.1 Å². The number of hydrogen-bond acceptors (Lipinski definition) is 4. The van der Waals surface area contributed by atoms with E-state index in [1.54, 1.807) is 31.2 Å². The molecule has 1 aromatic carbocycles. The van der Waals surface area contributed by atoms with Crippen LogP contribution in [0, 0.1) is 12.7 Å². The number of aryl methyl sites for hydroxylation is 1. The SMILES string of the molecule is C=CCCOc1cccc(NC(=O)c2ccc(C)nc2N)c1F. The Hall–Kier alpha value is -2.89. The first kappa shape index (κ1) is 16.5. The van der Waals surface area contributed by atoms with Crippen LogP contribution in [0.15, 0.2) is 43.0 Å². The smallest absolute Gasteiger partial charge is 0.259 e. The van der Waals surface area contributed by atoms with Crippen molar-refractivity contribution in [3.05, 3.63) is 60.1 Å². The molecule has 0 aliphatic carbocycles. The van der Waals surface area contributed by atoms with Gasteiger partial charge in [-0.2, -0.15) is 0 Å². The number of pyridine rings is 1. The molecule has 120 valence electrons. The van der Waals surface area contributed by atoms with Crippen LogP contribution in [0.3, 0.4) is 0 Å². The number of carbonyl (C=O) groups excluding carboxylic acids is 1. The topological polar surface area (TPSA) is 77.2 Å². The van der Waals surface area contributed by atoms with E-state index in [-0.39, 0.29) is 22.8 Å². The lowest BCUT2D eigenvalue weighted by molar-refractivity contribution is 0.102. The number of nitrogens with two attached hydrogens (primary N) is 1. The summed E-state index contributed by atoms with van der Waals surface area (Å²) < 4.78 is 19.6. The van der Waals surface area contributed by atoms with E-state index in [0.29, 0.717) is 18.7 Å². The second kappa shape index (κ2) is 7.40. The van der Waals surface area contributed by atoms with Gasteiger partial charge in [-0.25, -0.2) is 9.37 Å². The predicted octanol–water partition coefficient (Wildman–Crippen LogP) is 3.32. The van der Waals surface area contributed by atoms with Gasteiger partial charge in [0.1, 0.15) is 5.82 Å². The summed E-state index contributed by atoms with van der Waals surface area (Å²) in [5, 5.41) is 2.48. The molecule has 6 heteroatoms. The number of ether oxygens (including phenoxy) is 1. The zero-order valence-electron chi connectivity index (χ0n) is 12.8. The molecule has 2 aromatic rings. The molecule has 0 unspecified atom stereocenters. The summed E-state index contributed by atoms with van der Waals surface area (Å²) in [5.74, 6) is -0.998. The predicted molar refractivity (Wildman–Crippen MR) is 88.0 cm³/mol. The van der Waals surface area contributed by atoms with Crippen LogP contribution >= 0.6 is 0 Å². The Labute approximate surface area is 134 Å². The molecule has 1 aromatic heterocycles. The molecular weight excluding hydrogens is 297 g/mol. The molecule has 0 atom stereocenters. The first-order valence-corrected chi connectivity index (χ1v) is 7.09. The van der Waals surface area contributed by atoms with Crippen LogP contribution in [0.1, 0.15) is 22.5 Å². The van der Waals surface area contributed by atoms with Crippen LogP contribution in [0.25, 0.3) is 0 Å². The molecule has 0 aliphatic rings. The molecule has 23 heavy (non-hydrogen) atoms. The van der Waals surface area contributed by atoms with Gasteiger partial charge >= 0.3 is 0 Å². The third-order valence-corrected chi connectivity index (χ3v) is 3.10. The van der Waals surface area contributed by atoms with Gasteiger partial charge in [0.05, 0.1) is 17.9 Å². The van der Waals surface area contributed by atoms with E-state index in [9.17, 15) is 9.18 Å². The number of halogens is 1. The van der Waals surface area contributed by atoms with Crippen molar-refractivity contribution in [3.63, 3.8) is 0 Å². The number of aromatic nitrogens is 1. The summed E-state index contributed by atoms with van der Waals surface area (Å²) >= 11 is 0. The van der Waals surface area contributed by atoms with Crippen LogP contribution in [-0.4, -0.2) is 17.5 Å². The van der Waals surface area contributed by atoms with Crippen LogP contribution in [0.5, 0.6) is 5.75 Å². The molecule has 5 nitrogen and oxygen atoms in total. The first-order chi connectivity index (χ1) is 11.0. The average molecular weight is 315 g/mol. The number of amides is 1. The van der Waals surface area contributed by atoms with Crippen molar-refractivity contribution >= 4 is 17.4 Å². The molecule has 3 N–H and O–H groups in total. The van der Waals surface area contributed by atoms with Gasteiger partial charge in [0, 0.05) is 5.69 Å². The Kier molecular flexibility index (Phi) is 5.30. The third-order valence-electron chi connectivity index (χ3n) is 3.10. The average Bonchev–Trinajstić information content (AvgIpc) is 2.51. The molecular formula is C17H18FN3O2. The van der Waals surface area contributed by atoms with Crippen molar-refractivity contribution in [2.24, 2.45) is 0 Å². The monoisotopic (exact) mass is 315 g/mol. The maximum absolute atomic E-state index is 14.3. The molecule has 0 saturated heterocycles. The summed E-state index contributed by atoms with van der Waals surface area (Å²) in [6.45, 7) is 5.65. The lowest BCUT2D eigenvalue weighted by Crippen LogP contribution is -2.16. The van der Waals surface area contributed by atoms with E-state index < -0.39 is 11.7 Å². The maximum Gasteiger partial charge on any atom is 0.259 e. The van der Waals surface area contributed by atoms with Crippen molar-refractivity contribution in [1.82, 2.24) is 4.98 Å². The number of hydrogen-bond donors (Lipinski definition) is 2. The van der Waals surface area contributed by atoms with Gasteiger partial charge in [-0.3, -0.25) is 4.79 Å². The molecule has 0 bridgehead atoms. The fraction of sp³-hybridized carbons (Fsp3) is 0.176. The number of carbonyl (C=O) groups is 1. The van der Waals surface area contributed by atoms with Gasteiger partial charge in [-0.1, -0.05) is 12.1 Å². The minimum Gasteiger partial charge on any atom is -0.490 e. The molecule has 1 amide bonds. The Morgan fingerprint density at radius 2 is 2.22 bits per heavy atom. The highest BCUT2D eigenvalue weighted by Gasteiger charge is 2.15. The van der Waals surface area contributed by atoms with Crippen LogP contribution < -0.4 is 15.8 Å². The minimum atomic E-state index is -0.636. The maximum atomic E-state index is 14.3. The van der Waals surface area contributed by atoms with Crippen LogP contribution in [-0.2, 0) is 0 Å². The lowest BCUT2D eigenvalue weighted by Gasteiger charge is -2.11. The number of nitrogens with one attached hydrogen (secondary N) is 1. The van der Waals surface area contributed by atoms with Crippen molar-refractivity contribution < 1.29 is 13.9 Å². The van der Waals surface area contributed by atoms with E-state index in [4.69, 9.17) is 10.5 Å². The molecule has 2 rings (SSSR count). The summed E-state index contributed by atoms with van der Waals surface area (Å²) in [6, 6.07) is 7.76. The van der Waals surface area contributed by atoms with Gasteiger partial charge in [0.2, 0.25) is 0 Å². The quantitative estimate of drug-likeness (QED) is 0.633. The number of rotatable bonds is 6. The lowest BCUT2D eigenvalue weighted by atomic mass is 10.2. The zero-order valence-corrected chi connectivity index (χ0v) is 12.8. The largest absolute Gasteiger partial charge is 0.490 e. The Balaban J connectivity index is 2.17. The minimum absolute atomic E-state index is 0.0195. The summed E-state index contributed by atoms with van der Waals surface area (Å²) in [4.78, 5) is 16.2. The fourth-order valence-electron chi connectivity index (χ4n) is 1.93. The summed E-state index contributed by atoms with van der Waals surface area (Å²) in [7, 11) is 0. The van der Waals surface area contributed by atoms with Gasteiger partial charge in [0.15, 0.2) is 11.6 Å². The number of benzene rings is 1. The molecule has 0 fully saturated rings. The summed E-state index contributed by atoms with van der Waals surface area (Å²) in [6.07, 6.45) is 2.28. The second-order valence-corrected chi connectivity index (χ2v) is 4.88. The molecule has 0 spiro atoms. The van der Waals surface area contributed by atoms with Crippen molar-refractivity contribution in [2.45, 2.75) is 13.3 Å². The number of anilines is 2.